The molecule has 164 valence electrons. The van der Waals surface area contributed by atoms with Crippen LogP contribution < -0.4 is 10.5 Å². The molecule has 1 unspecified atom stereocenters. The van der Waals surface area contributed by atoms with E-state index < -0.39 is 18.1 Å². The number of rotatable bonds is 12. The molecular formula is C20H35N4O4S+. The van der Waals surface area contributed by atoms with Gasteiger partial charge in [0.1, 0.15) is 18.3 Å². The van der Waals surface area contributed by atoms with E-state index in [1.165, 1.54) is 12.8 Å². The summed E-state index contributed by atoms with van der Waals surface area (Å²) in [6, 6.07) is -1.01. The van der Waals surface area contributed by atoms with Crippen LogP contribution >= 0.6 is 11.7 Å². The number of carbonyl (C=O) groups is 1. The van der Waals surface area contributed by atoms with Crippen molar-refractivity contribution in [2.75, 3.05) is 33.5 Å². The number of nitrogens with two attached hydrogens (primary N) is 1. The van der Waals surface area contributed by atoms with Crippen molar-refractivity contribution >= 4 is 23.3 Å². The van der Waals surface area contributed by atoms with Crippen molar-refractivity contribution in [3.05, 3.63) is 11.8 Å². The number of hydrogen-bond donors (Lipinski definition) is 2. The van der Waals surface area contributed by atoms with Crippen molar-refractivity contribution < 1.29 is 23.9 Å². The zero-order chi connectivity index (χ0) is 21.3. The van der Waals surface area contributed by atoms with Gasteiger partial charge in [-0.25, -0.2) is 0 Å². The molecule has 1 aromatic rings. The van der Waals surface area contributed by atoms with Gasteiger partial charge in [0.2, 0.25) is 6.73 Å². The molecule has 1 aliphatic rings. The van der Waals surface area contributed by atoms with Crippen LogP contribution in [0.3, 0.4) is 0 Å². The van der Waals surface area contributed by atoms with E-state index in [0.717, 1.165) is 48.8 Å². The van der Waals surface area contributed by atoms with Gasteiger partial charge in [-0.2, -0.15) is 4.37 Å². The topological polar surface area (TPSA) is 108 Å². The fraction of sp³-hybridized carbons (Fsp3) is 0.750. The number of carbonyl (C=O) groups excluding carboxylic acids is 1. The summed E-state index contributed by atoms with van der Waals surface area (Å²) in [6.45, 7) is 6.31. The molecule has 0 saturated heterocycles. The lowest BCUT2D eigenvalue weighted by molar-refractivity contribution is -0.919. The van der Waals surface area contributed by atoms with Crippen LogP contribution in [0.15, 0.2) is 6.08 Å². The molecule has 2 rings (SSSR count). The van der Waals surface area contributed by atoms with Crippen LogP contribution in [0.4, 0.5) is 0 Å². The number of likely N-dealkylation sites (N-methyl/N-ethyl adjacent to an activating group) is 1. The number of esters is 1. The third kappa shape index (κ3) is 7.02. The van der Waals surface area contributed by atoms with Gasteiger partial charge < -0.3 is 20.3 Å². The van der Waals surface area contributed by atoms with E-state index in [2.05, 4.69) is 21.7 Å². The van der Waals surface area contributed by atoms with Crippen molar-refractivity contribution in [1.29, 1.82) is 0 Å². The Bertz CT molecular complexity index is 681. The van der Waals surface area contributed by atoms with E-state index in [-0.39, 0.29) is 6.73 Å². The van der Waals surface area contributed by atoms with E-state index in [1.807, 2.05) is 7.05 Å². The number of aliphatic hydroxyl groups excluding tert-OH is 1. The molecule has 29 heavy (non-hydrogen) atoms. The Hall–Kier alpha value is -1.55. The molecule has 9 heteroatoms. The number of ether oxygens (including phenoxy) is 2. The number of nitrogens with zero attached hydrogens (tertiary/aromatic N) is 3. The summed E-state index contributed by atoms with van der Waals surface area (Å²) < 4.78 is 20.6. The quantitative estimate of drug-likeness (QED) is 0.299. The number of hydrogen-bond acceptors (Lipinski definition) is 8. The molecule has 3 atom stereocenters. The zero-order valence-electron chi connectivity index (χ0n) is 17.8. The molecule has 0 saturated carbocycles. The molecule has 0 amide bonds. The first kappa shape index (κ1) is 23.7. The van der Waals surface area contributed by atoms with Gasteiger partial charge in [0.25, 0.3) is 5.88 Å². The summed E-state index contributed by atoms with van der Waals surface area (Å²) in [4.78, 5) is 12.1. The van der Waals surface area contributed by atoms with Crippen molar-refractivity contribution in [3.63, 3.8) is 0 Å². The molecule has 8 nitrogen and oxygen atoms in total. The lowest BCUT2D eigenvalue weighted by atomic mass is 10.1. The Morgan fingerprint density at radius 3 is 2.86 bits per heavy atom. The summed E-state index contributed by atoms with van der Waals surface area (Å²) in [5.74, 6) is 0.0255. The van der Waals surface area contributed by atoms with Crippen molar-refractivity contribution in [2.24, 2.45) is 5.73 Å². The highest BCUT2D eigenvalue weighted by Gasteiger charge is 2.32. The first-order valence-electron chi connectivity index (χ1n) is 10.5. The maximum absolute atomic E-state index is 12.1. The minimum absolute atomic E-state index is 0.199. The second-order valence-corrected chi connectivity index (χ2v) is 8.47. The zero-order valence-corrected chi connectivity index (χ0v) is 18.6. The molecule has 0 bridgehead atoms. The molecule has 2 heterocycles. The third-order valence-corrected chi connectivity index (χ3v) is 5.75. The largest absolute Gasteiger partial charge is 0.475 e. The molecule has 0 fully saturated rings. The number of quaternary nitrogens is 1. The Balaban J connectivity index is 1.92. The Morgan fingerprint density at radius 2 is 2.14 bits per heavy atom. The van der Waals surface area contributed by atoms with Crippen LogP contribution in [-0.4, -0.2) is 69.9 Å². The van der Waals surface area contributed by atoms with Gasteiger partial charge in [0, 0.05) is 12.0 Å². The van der Waals surface area contributed by atoms with E-state index >= 15 is 0 Å². The van der Waals surface area contributed by atoms with Crippen LogP contribution in [0.2, 0.25) is 0 Å². The molecule has 1 aromatic heterocycles. The number of aromatic nitrogens is 2. The van der Waals surface area contributed by atoms with E-state index in [9.17, 15) is 9.90 Å². The second-order valence-electron chi connectivity index (χ2n) is 7.94. The fourth-order valence-electron chi connectivity index (χ4n) is 3.28. The van der Waals surface area contributed by atoms with E-state index in [4.69, 9.17) is 15.2 Å². The van der Waals surface area contributed by atoms with Gasteiger partial charge in [0.15, 0.2) is 0 Å². The second kappa shape index (κ2) is 11.6. The maximum Gasteiger partial charge on any atom is 0.329 e. The van der Waals surface area contributed by atoms with Gasteiger partial charge in [-0.05, 0) is 12.8 Å². The van der Waals surface area contributed by atoms with E-state index in [1.54, 1.807) is 6.92 Å². The van der Waals surface area contributed by atoms with Crippen LogP contribution in [0.1, 0.15) is 58.1 Å². The van der Waals surface area contributed by atoms with Gasteiger partial charge >= 0.3 is 5.97 Å². The molecule has 0 radical (unpaired) electrons. The molecule has 0 aliphatic carbocycles. The summed E-state index contributed by atoms with van der Waals surface area (Å²) in [5.41, 5.74) is 7.61. The Labute approximate surface area is 177 Å². The summed E-state index contributed by atoms with van der Waals surface area (Å²) >= 11 is 1.15. The Kier molecular flexibility index (Phi) is 9.48. The maximum atomic E-state index is 12.1. The van der Waals surface area contributed by atoms with Crippen molar-refractivity contribution in [2.45, 2.75) is 64.5 Å². The molecular weight excluding hydrogens is 392 g/mol. The fourth-order valence-corrected chi connectivity index (χ4v) is 3.81. The normalized spacial score (nSPS) is 21.3. The predicted octanol–water partition coefficient (Wildman–Crippen LogP) is 2.33. The van der Waals surface area contributed by atoms with Crippen molar-refractivity contribution in [1.82, 2.24) is 8.75 Å². The average Bonchev–Trinajstić information content (AvgIpc) is 3.19. The minimum atomic E-state index is -1.01. The standard InChI is InChI=1S/C20H35N4O4S/c1-4-6-7-8-12-27-19-18(22-29-23-19)15-10-9-11-24(3,13-15)14-28-20(26)17(21)16(25)5-2/h10,16-17,25H,4-9,11-14,21H2,1-3H3/q+1/t16-,17+,24?/m1/s1. The van der Waals surface area contributed by atoms with Crippen LogP contribution in [0, 0.1) is 0 Å². The van der Waals surface area contributed by atoms with Gasteiger partial charge in [-0.15, -0.1) is 4.37 Å². The number of unbranched alkanes of at least 4 members (excludes halogenated alkanes) is 3. The first-order valence-corrected chi connectivity index (χ1v) is 11.2. The highest BCUT2D eigenvalue weighted by atomic mass is 32.1. The average molecular weight is 428 g/mol. The van der Waals surface area contributed by atoms with Crippen LogP contribution in [0.5, 0.6) is 5.88 Å². The summed E-state index contributed by atoms with van der Waals surface area (Å²) in [6.07, 6.45) is 7.11. The summed E-state index contributed by atoms with van der Waals surface area (Å²) in [7, 11) is 2.03. The number of aliphatic hydroxyl groups is 1. The molecule has 3 N–H and O–H groups in total. The Morgan fingerprint density at radius 1 is 1.34 bits per heavy atom. The lowest BCUT2D eigenvalue weighted by Gasteiger charge is -2.36. The van der Waals surface area contributed by atoms with Gasteiger partial charge in [-0.3, -0.25) is 9.28 Å². The van der Waals surface area contributed by atoms with Crippen molar-refractivity contribution in [3.8, 4) is 5.88 Å². The first-order chi connectivity index (χ1) is 13.9. The monoisotopic (exact) mass is 427 g/mol. The molecule has 0 spiro atoms. The lowest BCUT2D eigenvalue weighted by Crippen LogP contribution is -2.51. The minimum Gasteiger partial charge on any atom is -0.475 e. The highest BCUT2D eigenvalue weighted by molar-refractivity contribution is 6.99. The third-order valence-electron chi connectivity index (χ3n) is 5.23. The molecule has 1 aliphatic heterocycles. The predicted molar refractivity (Wildman–Crippen MR) is 113 cm³/mol. The summed E-state index contributed by atoms with van der Waals surface area (Å²) in [5, 5.41) is 9.75. The van der Waals surface area contributed by atoms with E-state index in [0.29, 0.717) is 29.9 Å². The van der Waals surface area contributed by atoms with Gasteiger partial charge in [-0.1, -0.05) is 39.2 Å². The van der Waals surface area contributed by atoms with Gasteiger partial charge in [0.05, 0.1) is 38.0 Å². The highest BCUT2D eigenvalue weighted by Crippen LogP contribution is 2.30. The van der Waals surface area contributed by atoms with Crippen LogP contribution in [-0.2, 0) is 9.53 Å². The molecule has 0 aromatic carbocycles. The smallest absolute Gasteiger partial charge is 0.329 e. The van der Waals surface area contributed by atoms with Crippen LogP contribution in [0.25, 0.3) is 5.57 Å². The SMILES string of the molecule is CCCCCCOc1nsnc1C1=CCC[N+](C)(COC(=O)[C@@H](N)[C@H](O)CC)C1.